The van der Waals surface area contributed by atoms with Gasteiger partial charge in [0.1, 0.15) is 4.47 Å². The molecule has 0 unspecified atom stereocenters. The van der Waals surface area contributed by atoms with E-state index in [9.17, 15) is 0 Å². The van der Waals surface area contributed by atoms with Gasteiger partial charge in [-0.25, -0.2) is 0 Å². The summed E-state index contributed by atoms with van der Waals surface area (Å²) in [6.45, 7) is 2.15. The molecule has 3 nitrogen and oxygen atoms in total. The summed E-state index contributed by atoms with van der Waals surface area (Å²) in [7, 11) is 0. The molecule has 2 N–H and O–H groups in total. The first-order valence-electron chi connectivity index (χ1n) is 3.55. The van der Waals surface area contributed by atoms with Crippen molar-refractivity contribution in [1.82, 2.24) is 5.16 Å². The molecule has 1 aromatic rings. The van der Waals surface area contributed by atoms with Gasteiger partial charge in [-0.3, -0.25) is 0 Å². The van der Waals surface area contributed by atoms with Gasteiger partial charge in [0.15, 0.2) is 11.6 Å². The molecule has 1 aromatic heterocycles. The molecular formula is C7H9BrN2O. The Bertz CT molecular complexity index is 291. The van der Waals surface area contributed by atoms with Crippen molar-refractivity contribution in [2.24, 2.45) is 0 Å². The first kappa shape index (κ1) is 7.16. The minimum Gasteiger partial charge on any atom is -0.380 e. The third kappa shape index (κ3) is 0.965. The van der Waals surface area contributed by atoms with Gasteiger partial charge in [-0.05, 0) is 28.8 Å². The van der Waals surface area contributed by atoms with Gasteiger partial charge in [0.2, 0.25) is 0 Å². The number of nitrogens with two attached hydrogens (primary N) is 1. The van der Waals surface area contributed by atoms with Crippen LogP contribution in [0.1, 0.15) is 25.5 Å². The van der Waals surface area contributed by atoms with Gasteiger partial charge in [-0.1, -0.05) is 12.1 Å². The topological polar surface area (TPSA) is 52.0 Å². The fraction of sp³-hybridized carbons (Fsp3) is 0.571. The van der Waals surface area contributed by atoms with Crippen LogP contribution in [0, 0.1) is 0 Å². The van der Waals surface area contributed by atoms with Crippen molar-refractivity contribution >= 4 is 21.7 Å². The van der Waals surface area contributed by atoms with Crippen LogP contribution >= 0.6 is 15.9 Å². The van der Waals surface area contributed by atoms with E-state index in [4.69, 9.17) is 10.3 Å². The van der Waals surface area contributed by atoms with Gasteiger partial charge in [0, 0.05) is 5.41 Å². The van der Waals surface area contributed by atoms with Crippen LogP contribution in [0.2, 0.25) is 0 Å². The highest BCUT2D eigenvalue weighted by atomic mass is 79.9. The van der Waals surface area contributed by atoms with Gasteiger partial charge < -0.3 is 10.3 Å². The Morgan fingerprint density at radius 2 is 2.27 bits per heavy atom. The van der Waals surface area contributed by atoms with Crippen LogP contribution in [0.25, 0.3) is 0 Å². The standard InChI is InChI=1S/C7H9BrN2O/c1-7(2-3-7)5-4(8)6(9)10-11-5/h2-3H2,1H3,(H2,9,10). The number of nitrogens with zero attached hydrogens (tertiary/aromatic N) is 1. The van der Waals surface area contributed by atoms with Crippen LogP contribution in [0.4, 0.5) is 5.82 Å². The van der Waals surface area contributed by atoms with Crippen molar-refractivity contribution in [1.29, 1.82) is 0 Å². The molecule has 0 radical (unpaired) electrons. The smallest absolute Gasteiger partial charge is 0.181 e. The van der Waals surface area contributed by atoms with Gasteiger partial charge in [0.25, 0.3) is 0 Å². The lowest BCUT2D eigenvalue weighted by Crippen LogP contribution is -1.98. The molecule has 11 heavy (non-hydrogen) atoms. The normalized spacial score (nSPS) is 20.2. The maximum absolute atomic E-state index is 5.51. The monoisotopic (exact) mass is 216 g/mol. The minimum absolute atomic E-state index is 0.198. The zero-order chi connectivity index (χ0) is 8.06. The highest BCUT2D eigenvalue weighted by molar-refractivity contribution is 9.10. The summed E-state index contributed by atoms with van der Waals surface area (Å²) in [4.78, 5) is 0. The maximum atomic E-state index is 5.51. The number of nitrogen functional groups attached to an aromatic ring is 1. The summed E-state index contributed by atoms with van der Waals surface area (Å²) in [5, 5.41) is 3.68. The Hall–Kier alpha value is -0.510. The van der Waals surface area contributed by atoms with Crippen LogP contribution in [0.3, 0.4) is 0 Å². The van der Waals surface area contributed by atoms with E-state index in [0.29, 0.717) is 5.82 Å². The molecule has 1 fully saturated rings. The molecule has 1 aliphatic carbocycles. The summed E-state index contributed by atoms with van der Waals surface area (Å²) >= 11 is 3.34. The van der Waals surface area contributed by atoms with Crippen molar-refractivity contribution in [3.05, 3.63) is 10.2 Å². The number of hydrogen-bond donors (Lipinski definition) is 1. The lowest BCUT2D eigenvalue weighted by Gasteiger charge is -2.00. The molecule has 0 spiro atoms. The largest absolute Gasteiger partial charge is 0.380 e. The molecule has 0 aromatic carbocycles. The van der Waals surface area contributed by atoms with Gasteiger partial charge in [0.05, 0.1) is 0 Å². The second-order valence-corrected chi connectivity index (χ2v) is 4.06. The Labute approximate surface area is 73.1 Å². The molecular weight excluding hydrogens is 208 g/mol. The van der Waals surface area contributed by atoms with Crippen LogP contribution in [-0.2, 0) is 5.41 Å². The van der Waals surface area contributed by atoms with E-state index in [1.807, 2.05) is 0 Å². The molecule has 60 valence electrons. The molecule has 1 saturated carbocycles. The number of halogens is 1. The van der Waals surface area contributed by atoms with Crippen molar-refractivity contribution in [2.75, 3.05) is 5.73 Å². The molecule has 0 bridgehead atoms. The first-order valence-corrected chi connectivity index (χ1v) is 4.34. The zero-order valence-electron chi connectivity index (χ0n) is 6.22. The summed E-state index contributed by atoms with van der Waals surface area (Å²) in [6.07, 6.45) is 2.33. The Kier molecular flexibility index (Phi) is 1.30. The van der Waals surface area contributed by atoms with Crippen LogP contribution in [-0.4, -0.2) is 5.16 Å². The molecule has 2 rings (SSSR count). The lowest BCUT2D eigenvalue weighted by molar-refractivity contribution is 0.360. The fourth-order valence-corrected chi connectivity index (χ4v) is 1.70. The Morgan fingerprint density at radius 1 is 1.64 bits per heavy atom. The number of aromatic nitrogens is 1. The molecule has 0 aliphatic heterocycles. The predicted octanol–water partition coefficient (Wildman–Crippen LogP) is 2.07. The lowest BCUT2D eigenvalue weighted by atomic mass is 10.1. The third-order valence-electron chi connectivity index (χ3n) is 2.21. The van der Waals surface area contributed by atoms with Gasteiger partial charge in [-0.2, -0.15) is 0 Å². The average molecular weight is 217 g/mol. The summed E-state index contributed by atoms with van der Waals surface area (Å²) < 4.78 is 5.93. The van der Waals surface area contributed by atoms with E-state index in [1.165, 1.54) is 12.8 Å². The first-order chi connectivity index (χ1) is 5.13. The highest BCUT2D eigenvalue weighted by Crippen LogP contribution is 2.50. The second-order valence-electron chi connectivity index (χ2n) is 3.27. The molecule has 0 atom stereocenters. The van der Waals surface area contributed by atoms with Crippen molar-refractivity contribution < 1.29 is 4.52 Å². The van der Waals surface area contributed by atoms with E-state index >= 15 is 0 Å². The highest BCUT2D eigenvalue weighted by Gasteiger charge is 2.44. The van der Waals surface area contributed by atoms with Crippen molar-refractivity contribution in [2.45, 2.75) is 25.2 Å². The van der Waals surface area contributed by atoms with Crippen LogP contribution in [0.15, 0.2) is 9.00 Å². The van der Waals surface area contributed by atoms with Gasteiger partial charge in [-0.15, -0.1) is 0 Å². The Morgan fingerprint density at radius 3 is 2.64 bits per heavy atom. The molecule has 0 saturated heterocycles. The van der Waals surface area contributed by atoms with E-state index in [-0.39, 0.29) is 5.41 Å². The SMILES string of the molecule is CC1(c2onc(N)c2Br)CC1. The van der Waals surface area contributed by atoms with Crippen molar-refractivity contribution in [3.8, 4) is 0 Å². The van der Waals surface area contributed by atoms with E-state index in [0.717, 1.165) is 10.2 Å². The summed E-state index contributed by atoms with van der Waals surface area (Å²) in [5.74, 6) is 1.35. The van der Waals surface area contributed by atoms with Crippen LogP contribution < -0.4 is 5.73 Å². The quantitative estimate of drug-likeness (QED) is 0.783. The zero-order valence-corrected chi connectivity index (χ0v) is 7.81. The number of hydrogen-bond acceptors (Lipinski definition) is 3. The Balaban J connectivity index is 2.45. The fourth-order valence-electron chi connectivity index (χ4n) is 1.08. The number of rotatable bonds is 1. The maximum Gasteiger partial charge on any atom is 0.181 e. The van der Waals surface area contributed by atoms with E-state index in [2.05, 4.69) is 28.0 Å². The predicted molar refractivity (Wildman–Crippen MR) is 45.2 cm³/mol. The van der Waals surface area contributed by atoms with Crippen LogP contribution in [0.5, 0.6) is 0 Å². The molecule has 4 heteroatoms. The molecule has 1 aliphatic rings. The minimum atomic E-state index is 0.198. The summed E-state index contributed by atoms with van der Waals surface area (Å²) in [6, 6.07) is 0. The third-order valence-corrected chi connectivity index (χ3v) is 2.97. The summed E-state index contributed by atoms with van der Waals surface area (Å²) in [5.41, 5.74) is 5.71. The van der Waals surface area contributed by atoms with Gasteiger partial charge >= 0.3 is 0 Å². The van der Waals surface area contributed by atoms with E-state index < -0.39 is 0 Å². The molecule has 1 heterocycles. The molecule has 0 amide bonds. The van der Waals surface area contributed by atoms with E-state index in [1.54, 1.807) is 0 Å². The average Bonchev–Trinajstić information content (AvgIpc) is 2.60. The second kappa shape index (κ2) is 2.00. The van der Waals surface area contributed by atoms with Crippen molar-refractivity contribution in [3.63, 3.8) is 0 Å². The number of anilines is 1.